The van der Waals surface area contributed by atoms with Crippen molar-refractivity contribution in [3.63, 3.8) is 0 Å². The van der Waals surface area contributed by atoms with Gasteiger partial charge in [0.2, 0.25) is 10.0 Å². The van der Waals surface area contributed by atoms with E-state index in [4.69, 9.17) is 10.5 Å². The number of sulfonamides is 1. The lowest BCUT2D eigenvalue weighted by atomic mass is 10.3. The Labute approximate surface area is 113 Å². The van der Waals surface area contributed by atoms with Gasteiger partial charge in [0, 0.05) is 19.8 Å². The third-order valence-electron chi connectivity index (χ3n) is 2.38. The summed E-state index contributed by atoms with van der Waals surface area (Å²) >= 11 is 0. The Balaban J connectivity index is 2.49. The van der Waals surface area contributed by atoms with Crippen molar-refractivity contribution in [3.05, 3.63) is 24.0 Å². The minimum Gasteiger partial charge on any atom is -0.396 e. The van der Waals surface area contributed by atoms with Crippen molar-refractivity contribution in [2.75, 3.05) is 25.5 Å². The highest BCUT2D eigenvalue weighted by Gasteiger charge is 2.14. The number of halogens is 1. The normalized spacial score (nSPS) is 11.7. The van der Waals surface area contributed by atoms with Crippen LogP contribution in [0.15, 0.2) is 23.1 Å². The van der Waals surface area contributed by atoms with E-state index >= 15 is 0 Å². The van der Waals surface area contributed by atoms with Gasteiger partial charge < -0.3 is 10.5 Å². The molecule has 0 bridgehead atoms. The Kier molecular flexibility index (Phi) is 6.20. The molecule has 1 aromatic rings. The van der Waals surface area contributed by atoms with Crippen molar-refractivity contribution in [2.45, 2.75) is 24.7 Å². The lowest BCUT2D eigenvalue weighted by molar-refractivity contribution is 0.133. The largest absolute Gasteiger partial charge is 0.396 e. The fourth-order valence-electron chi connectivity index (χ4n) is 1.40. The van der Waals surface area contributed by atoms with Crippen LogP contribution in [0.25, 0.3) is 0 Å². The van der Waals surface area contributed by atoms with Crippen LogP contribution in [-0.2, 0) is 14.8 Å². The minimum atomic E-state index is -3.64. The van der Waals surface area contributed by atoms with Crippen LogP contribution in [-0.4, -0.2) is 28.2 Å². The number of ether oxygens (including phenoxy) is 1. The molecule has 0 amide bonds. The second kappa shape index (κ2) is 7.42. The molecule has 0 spiro atoms. The molecule has 0 aliphatic carbocycles. The number of nitrogens with two attached hydrogens (primary N) is 1. The second-order valence-corrected chi connectivity index (χ2v) is 5.81. The van der Waals surface area contributed by atoms with Crippen LogP contribution >= 0.6 is 0 Å². The van der Waals surface area contributed by atoms with Crippen LogP contribution in [0.5, 0.6) is 0 Å². The van der Waals surface area contributed by atoms with Crippen LogP contribution < -0.4 is 10.5 Å². The molecule has 0 aliphatic heterocycles. The first kappa shape index (κ1) is 15.9. The van der Waals surface area contributed by atoms with Crippen LogP contribution in [0.4, 0.5) is 10.1 Å². The van der Waals surface area contributed by atoms with Gasteiger partial charge in [-0.15, -0.1) is 0 Å². The molecule has 0 unspecified atom stereocenters. The topological polar surface area (TPSA) is 81.4 Å². The molecule has 19 heavy (non-hydrogen) atoms. The van der Waals surface area contributed by atoms with E-state index < -0.39 is 15.8 Å². The monoisotopic (exact) mass is 290 g/mol. The summed E-state index contributed by atoms with van der Waals surface area (Å²) in [6.07, 6.45) is 1.51. The number of rotatable bonds is 8. The predicted molar refractivity (Wildman–Crippen MR) is 71.7 cm³/mol. The first-order chi connectivity index (χ1) is 8.97. The van der Waals surface area contributed by atoms with Gasteiger partial charge in [-0.1, -0.05) is 6.92 Å². The Hall–Kier alpha value is -1.18. The first-order valence-electron chi connectivity index (χ1n) is 6.10. The summed E-state index contributed by atoms with van der Waals surface area (Å²) in [6, 6.07) is 3.32. The number of nitrogens with one attached hydrogen (secondary N) is 1. The van der Waals surface area contributed by atoms with Gasteiger partial charge in [0.25, 0.3) is 0 Å². The van der Waals surface area contributed by atoms with Crippen LogP contribution in [0.2, 0.25) is 0 Å². The zero-order valence-electron chi connectivity index (χ0n) is 10.9. The average molecular weight is 290 g/mol. The van der Waals surface area contributed by atoms with Gasteiger partial charge >= 0.3 is 0 Å². The van der Waals surface area contributed by atoms with Crippen molar-refractivity contribution in [1.82, 2.24) is 4.72 Å². The molecule has 0 saturated carbocycles. The molecule has 0 atom stereocenters. The van der Waals surface area contributed by atoms with E-state index in [0.717, 1.165) is 18.6 Å². The zero-order valence-corrected chi connectivity index (χ0v) is 11.7. The SMILES string of the molecule is CCCOCCCNS(=O)(=O)c1ccc(F)c(N)c1. The number of hydrogen-bond donors (Lipinski definition) is 2. The lowest BCUT2D eigenvalue weighted by Gasteiger charge is -2.08. The highest BCUT2D eigenvalue weighted by Crippen LogP contribution is 2.16. The standard InChI is InChI=1S/C12H19FN2O3S/c1-2-7-18-8-3-6-15-19(16,17)10-4-5-11(13)12(14)9-10/h4-5,9,15H,2-3,6-8,14H2,1H3. The molecule has 1 rings (SSSR count). The summed E-state index contributed by atoms with van der Waals surface area (Å²) in [4.78, 5) is -0.0409. The van der Waals surface area contributed by atoms with E-state index in [1.165, 1.54) is 6.07 Å². The van der Waals surface area contributed by atoms with E-state index in [1.54, 1.807) is 0 Å². The van der Waals surface area contributed by atoms with E-state index in [0.29, 0.717) is 19.6 Å². The Morgan fingerprint density at radius 2 is 2.11 bits per heavy atom. The van der Waals surface area contributed by atoms with Crippen LogP contribution in [0, 0.1) is 5.82 Å². The molecule has 7 heteroatoms. The maximum atomic E-state index is 13.0. The fourth-order valence-corrected chi connectivity index (χ4v) is 2.51. The molecule has 0 saturated heterocycles. The summed E-state index contributed by atoms with van der Waals surface area (Å²) in [5, 5.41) is 0. The highest BCUT2D eigenvalue weighted by atomic mass is 32.2. The fraction of sp³-hybridized carbons (Fsp3) is 0.500. The van der Waals surface area contributed by atoms with Gasteiger partial charge in [-0.05, 0) is 31.0 Å². The van der Waals surface area contributed by atoms with Crippen molar-refractivity contribution in [3.8, 4) is 0 Å². The molecule has 3 N–H and O–H groups in total. The number of anilines is 1. The minimum absolute atomic E-state index is 0.0409. The first-order valence-corrected chi connectivity index (χ1v) is 7.58. The van der Waals surface area contributed by atoms with Crippen molar-refractivity contribution in [2.24, 2.45) is 0 Å². The third kappa shape index (κ3) is 5.14. The van der Waals surface area contributed by atoms with Gasteiger partial charge in [0.15, 0.2) is 0 Å². The molecule has 1 aromatic carbocycles. The Bertz CT molecular complexity index is 506. The van der Waals surface area contributed by atoms with E-state index in [9.17, 15) is 12.8 Å². The second-order valence-electron chi connectivity index (χ2n) is 4.05. The molecule has 5 nitrogen and oxygen atoms in total. The molecular formula is C12H19FN2O3S. The number of nitrogen functional groups attached to an aromatic ring is 1. The summed E-state index contributed by atoms with van der Waals surface area (Å²) in [5.74, 6) is -0.632. The van der Waals surface area contributed by atoms with Gasteiger partial charge in [-0.3, -0.25) is 0 Å². The molecule has 108 valence electrons. The van der Waals surface area contributed by atoms with Crippen LogP contribution in [0.3, 0.4) is 0 Å². The summed E-state index contributed by atoms with van der Waals surface area (Å²) in [5.41, 5.74) is 5.15. The molecular weight excluding hydrogens is 271 g/mol. The van der Waals surface area contributed by atoms with E-state index in [1.807, 2.05) is 6.92 Å². The maximum absolute atomic E-state index is 13.0. The van der Waals surface area contributed by atoms with Crippen molar-refractivity contribution >= 4 is 15.7 Å². The van der Waals surface area contributed by atoms with Crippen molar-refractivity contribution in [1.29, 1.82) is 0 Å². The zero-order chi connectivity index (χ0) is 14.3. The van der Waals surface area contributed by atoms with Gasteiger partial charge in [0.05, 0.1) is 10.6 Å². The highest BCUT2D eigenvalue weighted by molar-refractivity contribution is 7.89. The predicted octanol–water partition coefficient (Wildman–Crippen LogP) is 1.50. The van der Waals surface area contributed by atoms with E-state index in [2.05, 4.69) is 4.72 Å². The van der Waals surface area contributed by atoms with Gasteiger partial charge in [-0.2, -0.15) is 0 Å². The molecule has 0 heterocycles. The Morgan fingerprint density at radius 1 is 1.37 bits per heavy atom. The lowest BCUT2D eigenvalue weighted by Crippen LogP contribution is -2.25. The van der Waals surface area contributed by atoms with Gasteiger partial charge in [0.1, 0.15) is 5.82 Å². The third-order valence-corrected chi connectivity index (χ3v) is 3.84. The number of benzene rings is 1. The average Bonchev–Trinajstić information content (AvgIpc) is 2.36. The Morgan fingerprint density at radius 3 is 2.74 bits per heavy atom. The van der Waals surface area contributed by atoms with E-state index in [-0.39, 0.29) is 17.1 Å². The molecule has 0 aliphatic rings. The quantitative estimate of drug-likeness (QED) is 0.561. The number of hydrogen-bond acceptors (Lipinski definition) is 4. The molecule has 0 radical (unpaired) electrons. The van der Waals surface area contributed by atoms with Gasteiger partial charge in [-0.25, -0.2) is 17.5 Å². The summed E-state index contributed by atoms with van der Waals surface area (Å²) < 4.78 is 44.3. The van der Waals surface area contributed by atoms with Crippen LogP contribution in [0.1, 0.15) is 19.8 Å². The van der Waals surface area contributed by atoms with Crippen molar-refractivity contribution < 1.29 is 17.5 Å². The molecule has 0 fully saturated rings. The smallest absolute Gasteiger partial charge is 0.240 e. The summed E-state index contributed by atoms with van der Waals surface area (Å²) in [7, 11) is -3.64. The maximum Gasteiger partial charge on any atom is 0.240 e. The summed E-state index contributed by atoms with van der Waals surface area (Å²) in [6.45, 7) is 3.44. The molecule has 0 aromatic heterocycles.